The quantitative estimate of drug-likeness (QED) is 0.918. The topological polar surface area (TPSA) is 15.3 Å². The number of benzene rings is 1. The minimum absolute atomic E-state index is 0.183. The Morgan fingerprint density at radius 3 is 2.89 bits per heavy atom. The van der Waals surface area contributed by atoms with Crippen molar-refractivity contribution in [1.29, 1.82) is 0 Å². The zero-order chi connectivity index (χ0) is 13.1. The summed E-state index contributed by atoms with van der Waals surface area (Å²) in [4.78, 5) is 2.47. The standard InChI is InChI=1S/C14H20BrFN2/c1-3-18-7-6-10(9-17-2)14(18)12-5-4-11(16)8-13(12)15/h4-5,8,10,14,17H,3,6-7,9H2,1-2H3. The first-order chi connectivity index (χ1) is 8.67. The fourth-order valence-corrected chi connectivity index (χ4v) is 3.53. The molecule has 1 aliphatic rings. The van der Waals surface area contributed by atoms with E-state index in [4.69, 9.17) is 0 Å². The van der Waals surface area contributed by atoms with Crippen LogP contribution in [0.25, 0.3) is 0 Å². The summed E-state index contributed by atoms with van der Waals surface area (Å²) in [5, 5.41) is 3.27. The maximum absolute atomic E-state index is 13.2. The normalized spacial score (nSPS) is 24.7. The van der Waals surface area contributed by atoms with Crippen molar-refractivity contribution in [3.63, 3.8) is 0 Å². The number of likely N-dealkylation sites (tertiary alicyclic amines) is 1. The van der Waals surface area contributed by atoms with Crippen LogP contribution in [-0.4, -0.2) is 31.6 Å². The average molecular weight is 315 g/mol. The first kappa shape index (κ1) is 14.0. The van der Waals surface area contributed by atoms with E-state index < -0.39 is 0 Å². The van der Waals surface area contributed by atoms with E-state index in [2.05, 4.69) is 33.1 Å². The monoisotopic (exact) mass is 314 g/mol. The van der Waals surface area contributed by atoms with Crippen LogP contribution in [0.3, 0.4) is 0 Å². The summed E-state index contributed by atoms with van der Waals surface area (Å²) in [5.41, 5.74) is 1.20. The highest BCUT2D eigenvalue weighted by Crippen LogP contribution is 2.39. The number of nitrogens with zero attached hydrogens (tertiary/aromatic N) is 1. The Bertz CT molecular complexity index is 411. The first-order valence-electron chi connectivity index (χ1n) is 6.51. The van der Waals surface area contributed by atoms with Gasteiger partial charge < -0.3 is 5.32 Å². The molecule has 2 rings (SSSR count). The van der Waals surface area contributed by atoms with Gasteiger partial charge >= 0.3 is 0 Å². The lowest BCUT2D eigenvalue weighted by Gasteiger charge is -2.28. The molecule has 1 aliphatic heterocycles. The molecule has 1 heterocycles. The number of nitrogens with one attached hydrogen (secondary N) is 1. The first-order valence-corrected chi connectivity index (χ1v) is 7.30. The predicted octanol–water partition coefficient (Wildman–Crippen LogP) is 3.19. The molecule has 18 heavy (non-hydrogen) atoms. The smallest absolute Gasteiger partial charge is 0.124 e. The van der Waals surface area contributed by atoms with Gasteiger partial charge in [-0.15, -0.1) is 0 Å². The van der Waals surface area contributed by atoms with Crippen molar-refractivity contribution in [3.05, 3.63) is 34.1 Å². The maximum Gasteiger partial charge on any atom is 0.124 e. The van der Waals surface area contributed by atoms with Crippen molar-refractivity contribution >= 4 is 15.9 Å². The van der Waals surface area contributed by atoms with Gasteiger partial charge in [0.05, 0.1) is 0 Å². The SMILES string of the molecule is CCN1CCC(CNC)C1c1ccc(F)cc1Br. The van der Waals surface area contributed by atoms with Crippen molar-refractivity contribution in [3.8, 4) is 0 Å². The largest absolute Gasteiger partial charge is 0.319 e. The molecule has 4 heteroatoms. The van der Waals surface area contributed by atoms with Crippen molar-refractivity contribution in [2.75, 3.05) is 26.7 Å². The molecule has 1 aromatic rings. The Balaban J connectivity index is 2.31. The van der Waals surface area contributed by atoms with Gasteiger partial charge in [-0.1, -0.05) is 28.9 Å². The van der Waals surface area contributed by atoms with Crippen LogP contribution in [0.5, 0.6) is 0 Å². The second-order valence-electron chi connectivity index (χ2n) is 4.85. The molecule has 0 spiro atoms. The van der Waals surface area contributed by atoms with E-state index in [-0.39, 0.29) is 5.82 Å². The van der Waals surface area contributed by atoms with Crippen molar-refractivity contribution in [2.24, 2.45) is 5.92 Å². The van der Waals surface area contributed by atoms with Crippen LogP contribution >= 0.6 is 15.9 Å². The summed E-state index contributed by atoms with van der Waals surface area (Å²) in [6, 6.07) is 5.43. The molecule has 2 nitrogen and oxygen atoms in total. The highest BCUT2D eigenvalue weighted by Gasteiger charge is 2.34. The molecule has 2 atom stereocenters. The lowest BCUT2D eigenvalue weighted by molar-refractivity contribution is 0.237. The molecule has 0 aromatic heterocycles. The van der Waals surface area contributed by atoms with Crippen LogP contribution in [-0.2, 0) is 0 Å². The second kappa shape index (κ2) is 6.13. The fraction of sp³-hybridized carbons (Fsp3) is 0.571. The van der Waals surface area contributed by atoms with E-state index in [0.717, 1.165) is 24.1 Å². The minimum Gasteiger partial charge on any atom is -0.319 e. The second-order valence-corrected chi connectivity index (χ2v) is 5.70. The highest BCUT2D eigenvalue weighted by atomic mass is 79.9. The van der Waals surface area contributed by atoms with Crippen LogP contribution in [0.4, 0.5) is 4.39 Å². The minimum atomic E-state index is -0.183. The van der Waals surface area contributed by atoms with Gasteiger partial charge in [-0.05, 0) is 56.7 Å². The Labute approximate surface area is 117 Å². The number of hydrogen-bond acceptors (Lipinski definition) is 2. The molecule has 1 fully saturated rings. The van der Waals surface area contributed by atoms with E-state index >= 15 is 0 Å². The summed E-state index contributed by atoms with van der Waals surface area (Å²) in [5.74, 6) is 0.411. The van der Waals surface area contributed by atoms with E-state index in [1.54, 1.807) is 12.1 Å². The lowest BCUT2D eigenvalue weighted by atomic mass is 9.93. The third kappa shape index (κ3) is 2.76. The third-order valence-corrected chi connectivity index (χ3v) is 4.47. The van der Waals surface area contributed by atoms with Crippen molar-refractivity contribution in [1.82, 2.24) is 10.2 Å². The molecule has 0 bridgehead atoms. The van der Waals surface area contributed by atoms with Gasteiger partial charge in [0, 0.05) is 10.5 Å². The summed E-state index contributed by atoms with van der Waals surface area (Å²) in [7, 11) is 1.99. The Morgan fingerprint density at radius 2 is 2.28 bits per heavy atom. The Kier molecular flexibility index (Phi) is 4.76. The van der Waals surface area contributed by atoms with Crippen LogP contribution < -0.4 is 5.32 Å². The Morgan fingerprint density at radius 1 is 1.50 bits per heavy atom. The van der Waals surface area contributed by atoms with Crippen molar-refractivity contribution in [2.45, 2.75) is 19.4 Å². The fourth-order valence-electron chi connectivity index (χ4n) is 2.95. The highest BCUT2D eigenvalue weighted by molar-refractivity contribution is 9.10. The van der Waals surface area contributed by atoms with Crippen molar-refractivity contribution < 1.29 is 4.39 Å². The zero-order valence-corrected chi connectivity index (χ0v) is 12.5. The molecule has 0 saturated carbocycles. The molecule has 1 aromatic carbocycles. The van der Waals surface area contributed by atoms with Crippen LogP contribution in [0.15, 0.2) is 22.7 Å². The van der Waals surface area contributed by atoms with Gasteiger partial charge in [0.25, 0.3) is 0 Å². The molecule has 0 amide bonds. The van der Waals surface area contributed by atoms with Gasteiger partial charge in [0.2, 0.25) is 0 Å². The van der Waals surface area contributed by atoms with Crippen LogP contribution in [0, 0.1) is 11.7 Å². The average Bonchev–Trinajstić information content (AvgIpc) is 2.73. The summed E-state index contributed by atoms with van der Waals surface area (Å²) >= 11 is 3.51. The van der Waals surface area contributed by atoms with Crippen LogP contribution in [0.1, 0.15) is 24.9 Å². The molecule has 1 N–H and O–H groups in total. The van der Waals surface area contributed by atoms with Gasteiger partial charge in [-0.25, -0.2) is 4.39 Å². The molecular formula is C14H20BrFN2. The Hall–Kier alpha value is -0.450. The van der Waals surface area contributed by atoms with E-state index in [1.807, 2.05) is 13.1 Å². The maximum atomic E-state index is 13.2. The summed E-state index contributed by atoms with van der Waals surface area (Å²) in [6.07, 6.45) is 1.20. The molecular weight excluding hydrogens is 295 g/mol. The predicted molar refractivity (Wildman–Crippen MR) is 76.1 cm³/mol. The van der Waals surface area contributed by atoms with Crippen LogP contribution in [0.2, 0.25) is 0 Å². The summed E-state index contributed by atoms with van der Waals surface area (Å²) < 4.78 is 14.1. The molecule has 1 saturated heterocycles. The third-order valence-electron chi connectivity index (χ3n) is 3.78. The zero-order valence-electron chi connectivity index (χ0n) is 10.9. The summed E-state index contributed by atoms with van der Waals surface area (Å²) in [6.45, 7) is 5.35. The number of hydrogen-bond donors (Lipinski definition) is 1. The van der Waals surface area contributed by atoms with Gasteiger partial charge in [-0.3, -0.25) is 4.90 Å². The van der Waals surface area contributed by atoms with Gasteiger partial charge in [0.1, 0.15) is 5.82 Å². The van der Waals surface area contributed by atoms with Gasteiger partial charge in [-0.2, -0.15) is 0 Å². The lowest BCUT2D eigenvalue weighted by Crippen LogP contribution is -2.29. The van der Waals surface area contributed by atoms with E-state index in [0.29, 0.717) is 12.0 Å². The number of halogens is 2. The molecule has 2 unspecified atom stereocenters. The number of rotatable bonds is 4. The van der Waals surface area contributed by atoms with E-state index in [1.165, 1.54) is 12.0 Å². The van der Waals surface area contributed by atoms with Gasteiger partial charge in [0.15, 0.2) is 0 Å². The molecule has 0 aliphatic carbocycles. The molecule has 0 radical (unpaired) electrons. The van der Waals surface area contributed by atoms with E-state index in [9.17, 15) is 4.39 Å². The molecule has 100 valence electrons.